The van der Waals surface area contributed by atoms with Crippen molar-refractivity contribution in [3.63, 3.8) is 0 Å². The van der Waals surface area contributed by atoms with Gasteiger partial charge in [-0.2, -0.15) is 0 Å². The molecule has 9 heteroatoms. The summed E-state index contributed by atoms with van der Waals surface area (Å²) in [7, 11) is -3.21. The second-order valence-corrected chi connectivity index (χ2v) is 9.42. The van der Waals surface area contributed by atoms with Crippen LogP contribution in [0.5, 0.6) is 0 Å². The van der Waals surface area contributed by atoms with Crippen molar-refractivity contribution in [1.29, 1.82) is 0 Å². The van der Waals surface area contributed by atoms with Gasteiger partial charge in [0.25, 0.3) is 0 Å². The summed E-state index contributed by atoms with van der Waals surface area (Å²) in [5, 5.41) is 0.735. The summed E-state index contributed by atoms with van der Waals surface area (Å²) < 4.78 is 23.4. The van der Waals surface area contributed by atoms with Crippen molar-refractivity contribution in [2.45, 2.75) is 18.4 Å². The van der Waals surface area contributed by atoms with Crippen LogP contribution in [0.15, 0.2) is 52.4 Å². The van der Waals surface area contributed by atoms with Crippen LogP contribution in [0.4, 0.5) is 5.69 Å². The minimum atomic E-state index is -3.21. The normalized spacial score (nSPS) is 15.2. The van der Waals surface area contributed by atoms with Crippen LogP contribution in [0.2, 0.25) is 5.02 Å². The van der Waals surface area contributed by atoms with E-state index >= 15 is 0 Å². The number of halogens is 2. The van der Waals surface area contributed by atoms with E-state index in [1.54, 1.807) is 19.1 Å². The van der Waals surface area contributed by atoms with E-state index in [2.05, 4.69) is 14.8 Å². The predicted octanol–water partition coefficient (Wildman–Crippen LogP) is 3.31. The third-order valence-corrected chi connectivity index (χ3v) is 6.37. The number of hydrogen-bond donors (Lipinski definition) is 1. The molecular weight excluding hydrogens is 523 g/mol. The summed E-state index contributed by atoms with van der Waals surface area (Å²) in [6, 6.07) is 13.1. The Kier molecular flexibility index (Phi) is 8.18. The Morgan fingerprint density at radius 1 is 1.10 bits per heavy atom. The quantitative estimate of drug-likeness (QED) is 0.360. The summed E-state index contributed by atoms with van der Waals surface area (Å²) in [6.07, 6.45) is 1.22. The van der Waals surface area contributed by atoms with Gasteiger partial charge in [-0.15, -0.1) is 24.0 Å². The number of aryl methyl sites for hydroxylation is 1. The molecule has 0 bridgehead atoms. The molecule has 2 aromatic rings. The average Bonchev–Trinajstić information content (AvgIpc) is 2.66. The first kappa shape index (κ1) is 23.8. The smallest absolute Gasteiger partial charge is 0.191 e. The third kappa shape index (κ3) is 6.23. The van der Waals surface area contributed by atoms with Gasteiger partial charge in [0.15, 0.2) is 15.8 Å². The molecule has 0 aromatic heterocycles. The SMILES string of the molecule is Cc1cc(CN=C(N)N2CCN(c3ccc(Cl)cc3)CC2)ccc1S(C)(=O)=O.I. The van der Waals surface area contributed by atoms with Crippen molar-refractivity contribution < 1.29 is 8.42 Å². The highest BCUT2D eigenvalue weighted by Gasteiger charge is 2.18. The molecule has 0 radical (unpaired) electrons. The first-order chi connectivity index (χ1) is 13.2. The highest BCUT2D eigenvalue weighted by Crippen LogP contribution is 2.20. The lowest BCUT2D eigenvalue weighted by atomic mass is 10.1. The molecule has 1 saturated heterocycles. The first-order valence-electron chi connectivity index (χ1n) is 9.09. The van der Waals surface area contributed by atoms with Crippen LogP contribution >= 0.6 is 35.6 Å². The molecule has 1 aliphatic heterocycles. The fraction of sp³-hybridized carbons (Fsp3) is 0.350. The highest BCUT2D eigenvalue weighted by molar-refractivity contribution is 14.0. The zero-order valence-electron chi connectivity index (χ0n) is 16.5. The van der Waals surface area contributed by atoms with Gasteiger partial charge in [-0.3, -0.25) is 0 Å². The number of hydrogen-bond acceptors (Lipinski definition) is 4. The molecule has 6 nitrogen and oxygen atoms in total. The van der Waals surface area contributed by atoms with Gasteiger partial charge in [-0.05, 0) is 48.4 Å². The Morgan fingerprint density at radius 2 is 1.72 bits per heavy atom. The van der Waals surface area contributed by atoms with Crippen molar-refractivity contribution in [2.75, 3.05) is 37.3 Å². The Balaban J connectivity index is 0.00000300. The molecule has 1 fully saturated rings. The van der Waals surface area contributed by atoms with Gasteiger partial charge in [0.1, 0.15) is 0 Å². The molecule has 2 aromatic carbocycles. The van der Waals surface area contributed by atoms with Gasteiger partial charge in [0.2, 0.25) is 0 Å². The topological polar surface area (TPSA) is 79.0 Å². The van der Waals surface area contributed by atoms with E-state index in [4.69, 9.17) is 17.3 Å². The number of guanidine groups is 1. The Morgan fingerprint density at radius 3 is 2.28 bits per heavy atom. The molecule has 3 rings (SSSR count). The van der Waals surface area contributed by atoms with Gasteiger partial charge < -0.3 is 15.5 Å². The number of rotatable bonds is 4. The fourth-order valence-corrected chi connectivity index (χ4v) is 4.43. The van der Waals surface area contributed by atoms with E-state index in [1.165, 1.54) is 6.26 Å². The Hall–Kier alpha value is -1.52. The van der Waals surface area contributed by atoms with Crippen LogP contribution in [0.25, 0.3) is 0 Å². The summed E-state index contributed by atoms with van der Waals surface area (Å²) >= 11 is 5.95. The minimum absolute atomic E-state index is 0. The number of piperazine rings is 1. The van der Waals surface area contributed by atoms with Crippen molar-refractivity contribution >= 4 is 57.1 Å². The van der Waals surface area contributed by atoms with Crippen LogP contribution in [0.1, 0.15) is 11.1 Å². The Labute approximate surface area is 194 Å². The molecule has 158 valence electrons. The van der Waals surface area contributed by atoms with E-state index in [9.17, 15) is 8.42 Å². The zero-order valence-corrected chi connectivity index (χ0v) is 20.4. The molecule has 29 heavy (non-hydrogen) atoms. The number of nitrogens with zero attached hydrogens (tertiary/aromatic N) is 3. The van der Waals surface area contributed by atoms with Crippen LogP contribution in [-0.4, -0.2) is 51.7 Å². The summed E-state index contributed by atoms with van der Waals surface area (Å²) in [5.74, 6) is 0.514. The van der Waals surface area contributed by atoms with Crippen LogP contribution in [0.3, 0.4) is 0 Å². The number of aliphatic imine (C=N–C) groups is 1. The number of anilines is 1. The minimum Gasteiger partial charge on any atom is -0.370 e. The number of benzene rings is 2. The zero-order chi connectivity index (χ0) is 20.3. The van der Waals surface area contributed by atoms with E-state index in [-0.39, 0.29) is 24.0 Å². The highest BCUT2D eigenvalue weighted by atomic mass is 127. The van der Waals surface area contributed by atoms with Crippen molar-refractivity contribution in [2.24, 2.45) is 10.7 Å². The van der Waals surface area contributed by atoms with Crippen molar-refractivity contribution in [3.05, 3.63) is 58.6 Å². The molecular formula is C20H26ClIN4O2S. The average molecular weight is 549 g/mol. The van der Waals surface area contributed by atoms with Crippen molar-refractivity contribution in [3.8, 4) is 0 Å². The van der Waals surface area contributed by atoms with Gasteiger partial charge in [-0.25, -0.2) is 13.4 Å². The fourth-order valence-electron chi connectivity index (χ4n) is 3.34. The van der Waals surface area contributed by atoms with Crippen LogP contribution < -0.4 is 10.6 Å². The van der Waals surface area contributed by atoms with Gasteiger partial charge in [0.05, 0.1) is 11.4 Å². The second kappa shape index (κ2) is 9.99. The molecule has 2 N–H and O–H groups in total. The van der Waals surface area contributed by atoms with E-state index in [0.29, 0.717) is 17.4 Å². The molecule has 1 aliphatic rings. The molecule has 0 saturated carbocycles. The third-order valence-electron chi connectivity index (χ3n) is 4.86. The molecule has 0 aliphatic carbocycles. The van der Waals surface area contributed by atoms with E-state index < -0.39 is 9.84 Å². The molecule has 0 spiro atoms. The maximum Gasteiger partial charge on any atom is 0.191 e. The lowest BCUT2D eigenvalue weighted by Crippen LogP contribution is -2.51. The number of sulfone groups is 1. The van der Waals surface area contributed by atoms with E-state index in [1.807, 2.05) is 30.3 Å². The monoisotopic (exact) mass is 548 g/mol. The lowest BCUT2D eigenvalue weighted by Gasteiger charge is -2.36. The predicted molar refractivity (Wildman–Crippen MR) is 130 cm³/mol. The summed E-state index contributed by atoms with van der Waals surface area (Å²) in [5.41, 5.74) is 9.00. The van der Waals surface area contributed by atoms with Gasteiger partial charge >= 0.3 is 0 Å². The van der Waals surface area contributed by atoms with Gasteiger partial charge in [-0.1, -0.05) is 23.7 Å². The largest absolute Gasteiger partial charge is 0.370 e. The summed E-state index contributed by atoms with van der Waals surface area (Å²) in [4.78, 5) is 9.22. The Bertz CT molecular complexity index is 972. The maximum atomic E-state index is 11.7. The molecule has 0 amide bonds. The van der Waals surface area contributed by atoms with Crippen LogP contribution in [0, 0.1) is 6.92 Å². The molecule has 1 heterocycles. The standard InChI is InChI=1S/C20H25ClN4O2S.HI/c1-15-13-16(3-8-19(15)28(2,26)27)14-23-20(22)25-11-9-24(10-12-25)18-6-4-17(21)5-7-18;/h3-8,13H,9-12,14H2,1-2H3,(H2,22,23);1H. The van der Waals surface area contributed by atoms with E-state index in [0.717, 1.165) is 48.0 Å². The lowest BCUT2D eigenvalue weighted by molar-refractivity contribution is 0.380. The van der Waals surface area contributed by atoms with Gasteiger partial charge in [0, 0.05) is 43.1 Å². The molecule has 0 atom stereocenters. The second-order valence-electron chi connectivity index (χ2n) is 7.00. The summed E-state index contributed by atoms with van der Waals surface area (Å²) in [6.45, 7) is 5.53. The molecule has 0 unspecified atom stereocenters. The maximum absolute atomic E-state index is 11.7. The van der Waals surface area contributed by atoms with Crippen LogP contribution in [-0.2, 0) is 16.4 Å². The number of nitrogens with two attached hydrogens (primary N) is 1. The van der Waals surface area contributed by atoms with Crippen molar-refractivity contribution in [1.82, 2.24) is 4.90 Å². The first-order valence-corrected chi connectivity index (χ1v) is 11.4.